The fraction of sp³-hybridized carbons (Fsp3) is 0.174. The molecule has 5 rings (SSSR count). The average Bonchev–Trinajstić information content (AvgIpc) is 2.81. The lowest BCUT2D eigenvalue weighted by Gasteiger charge is -2.28. The average molecular weight is 400 g/mol. The normalized spacial score (nSPS) is 14.1. The molecule has 3 aromatic heterocycles. The molecule has 2 N–H and O–H groups in total. The van der Waals surface area contributed by atoms with E-state index in [1.165, 1.54) is 12.3 Å². The second-order valence-electron chi connectivity index (χ2n) is 7.20. The number of benzene rings is 1. The van der Waals surface area contributed by atoms with E-state index in [4.69, 9.17) is 4.98 Å². The Hall–Kier alpha value is -3.58. The number of nitrogens with zero attached hydrogens (tertiary/aromatic N) is 4. The van der Waals surface area contributed by atoms with Crippen LogP contribution in [0.5, 0.6) is 0 Å². The van der Waals surface area contributed by atoms with Crippen LogP contribution in [0.3, 0.4) is 0 Å². The first-order valence-corrected chi connectivity index (χ1v) is 9.97. The van der Waals surface area contributed by atoms with E-state index in [1.807, 2.05) is 30.5 Å². The second kappa shape index (κ2) is 8.04. The van der Waals surface area contributed by atoms with Crippen LogP contribution in [0.1, 0.15) is 0 Å². The van der Waals surface area contributed by atoms with Crippen molar-refractivity contribution in [2.45, 2.75) is 0 Å². The van der Waals surface area contributed by atoms with E-state index < -0.39 is 0 Å². The standard InChI is InChI=1S/C23H21FN6/c24-18-5-6-20(27-15-18)28-21-13-16-3-1-2-4-19(16)23(29-21)17-7-8-26-22(14-17)30-11-9-25-10-12-30/h1-8,13-15,25H,9-12H2,(H,27,28,29). The predicted octanol–water partition coefficient (Wildman–Crippen LogP) is 3.98. The molecule has 0 unspecified atom stereocenters. The van der Waals surface area contributed by atoms with Crippen molar-refractivity contribution in [2.75, 3.05) is 36.4 Å². The Morgan fingerprint density at radius 3 is 2.63 bits per heavy atom. The summed E-state index contributed by atoms with van der Waals surface area (Å²) in [4.78, 5) is 15.8. The van der Waals surface area contributed by atoms with Crippen LogP contribution >= 0.6 is 0 Å². The molecule has 1 aliphatic rings. The van der Waals surface area contributed by atoms with Crippen LogP contribution in [-0.4, -0.2) is 41.1 Å². The Labute approximate surface area is 173 Å². The van der Waals surface area contributed by atoms with Gasteiger partial charge in [0.1, 0.15) is 23.3 Å². The number of hydrogen-bond donors (Lipinski definition) is 2. The number of anilines is 3. The van der Waals surface area contributed by atoms with Crippen molar-refractivity contribution >= 4 is 28.2 Å². The molecule has 1 fully saturated rings. The van der Waals surface area contributed by atoms with Gasteiger partial charge in [0, 0.05) is 43.3 Å². The lowest BCUT2D eigenvalue weighted by atomic mass is 10.0. The summed E-state index contributed by atoms with van der Waals surface area (Å²) in [5, 5.41) is 8.68. The molecule has 0 spiro atoms. The smallest absolute Gasteiger partial charge is 0.141 e. The van der Waals surface area contributed by atoms with Gasteiger partial charge in [-0.1, -0.05) is 24.3 Å². The summed E-state index contributed by atoms with van der Waals surface area (Å²) in [6.45, 7) is 3.78. The van der Waals surface area contributed by atoms with Crippen molar-refractivity contribution in [3.63, 3.8) is 0 Å². The van der Waals surface area contributed by atoms with Crippen molar-refractivity contribution in [3.8, 4) is 11.3 Å². The van der Waals surface area contributed by atoms with Gasteiger partial charge in [0.25, 0.3) is 0 Å². The first-order valence-electron chi connectivity index (χ1n) is 9.97. The molecule has 1 aliphatic heterocycles. The summed E-state index contributed by atoms with van der Waals surface area (Å²) >= 11 is 0. The highest BCUT2D eigenvalue weighted by Crippen LogP contribution is 2.31. The fourth-order valence-corrected chi connectivity index (χ4v) is 3.70. The lowest BCUT2D eigenvalue weighted by Crippen LogP contribution is -2.43. The summed E-state index contributed by atoms with van der Waals surface area (Å²) in [6, 6.07) is 17.2. The van der Waals surface area contributed by atoms with Crippen LogP contribution in [0.25, 0.3) is 22.0 Å². The van der Waals surface area contributed by atoms with Crippen molar-refractivity contribution in [1.82, 2.24) is 20.3 Å². The Morgan fingerprint density at radius 2 is 1.80 bits per heavy atom. The summed E-state index contributed by atoms with van der Waals surface area (Å²) in [5.74, 6) is 1.79. The van der Waals surface area contributed by atoms with E-state index in [0.29, 0.717) is 11.6 Å². The molecule has 0 bridgehead atoms. The van der Waals surface area contributed by atoms with E-state index >= 15 is 0 Å². The molecule has 1 aromatic carbocycles. The van der Waals surface area contributed by atoms with E-state index in [0.717, 1.165) is 54.0 Å². The molecule has 0 radical (unpaired) electrons. The molecule has 4 aromatic rings. The van der Waals surface area contributed by atoms with Gasteiger partial charge in [-0.15, -0.1) is 0 Å². The second-order valence-corrected chi connectivity index (χ2v) is 7.20. The number of rotatable bonds is 4. The van der Waals surface area contributed by atoms with Crippen molar-refractivity contribution < 1.29 is 4.39 Å². The van der Waals surface area contributed by atoms with Crippen molar-refractivity contribution in [3.05, 3.63) is 72.8 Å². The SMILES string of the molecule is Fc1ccc(Nc2cc3ccccc3c(-c3ccnc(N4CCNCC4)c3)n2)nc1. The van der Waals surface area contributed by atoms with Crippen LogP contribution in [0.15, 0.2) is 67.0 Å². The molecule has 1 saturated heterocycles. The summed E-state index contributed by atoms with van der Waals surface area (Å²) in [6.07, 6.45) is 3.03. The fourth-order valence-electron chi connectivity index (χ4n) is 3.70. The topological polar surface area (TPSA) is 66.0 Å². The molecule has 0 saturated carbocycles. The van der Waals surface area contributed by atoms with Crippen LogP contribution in [0.4, 0.5) is 21.8 Å². The van der Waals surface area contributed by atoms with Crippen LogP contribution in [0.2, 0.25) is 0 Å². The third-order valence-electron chi connectivity index (χ3n) is 5.18. The Balaban J connectivity index is 1.57. The van der Waals surface area contributed by atoms with Crippen LogP contribution in [0, 0.1) is 5.82 Å². The third kappa shape index (κ3) is 3.79. The quantitative estimate of drug-likeness (QED) is 0.540. The third-order valence-corrected chi connectivity index (χ3v) is 5.18. The predicted molar refractivity (Wildman–Crippen MR) is 118 cm³/mol. The monoisotopic (exact) mass is 400 g/mol. The molecule has 30 heavy (non-hydrogen) atoms. The first kappa shape index (κ1) is 18.4. The highest BCUT2D eigenvalue weighted by molar-refractivity contribution is 5.96. The zero-order valence-electron chi connectivity index (χ0n) is 16.3. The molecular weight excluding hydrogens is 379 g/mol. The highest BCUT2D eigenvalue weighted by atomic mass is 19.1. The largest absolute Gasteiger partial charge is 0.354 e. The Morgan fingerprint density at radius 1 is 0.933 bits per heavy atom. The number of nitrogens with one attached hydrogen (secondary N) is 2. The van der Waals surface area contributed by atoms with Gasteiger partial charge in [-0.25, -0.2) is 19.3 Å². The Bertz CT molecular complexity index is 1170. The number of piperazine rings is 1. The molecule has 0 aliphatic carbocycles. The zero-order chi connectivity index (χ0) is 20.3. The van der Waals surface area contributed by atoms with Crippen LogP contribution < -0.4 is 15.5 Å². The molecule has 4 heterocycles. The van der Waals surface area contributed by atoms with Crippen molar-refractivity contribution in [1.29, 1.82) is 0 Å². The van der Waals surface area contributed by atoms with Gasteiger partial charge in [-0.3, -0.25) is 0 Å². The van der Waals surface area contributed by atoms with Gasteiger partial charge in [0.15, 0.2) is 0 Å². The van der Waals surface area contributed by atoms with E-state index in [1.54, 1.807) is 6.07 Å². The van der Waals surface area contributed by atoms with Gasteiger partial charge < -0.3 is 15.5 Å². The van der Waals surface area contributed by atoms with Gasteiger partial charge >= 0.3 is 0 Å². The molecule has 6 nitrogen and oxygen atoms in total. The van der Waals surface area contributed by atoms with Crippen LogP contribution in [-0.2, 0) is 0 Å². The number of pyridine rings is 3. The van der Waals surface area contributed by atoms with Gasteiger partial charge in [0.2, 0.25) is 0 Å². The summed E-state index contributed by atoms with van der Waals surface area (Å²) in [7, 11) is 0. The number of aromatic nitrogens is 3. The van der Waals surface area contributed by atoms with Crippen molar-refractivity contribution in [2.24, 2.45) is 0 Å². The zero-order valence-corrected chi connectivity index (χ0v) is 16.3. The number of halogens is 1. The minimum Gasteiger partial charge on any atom is -0.354 e. The summed E-state index contributed by atoms with van der Waals surface area (Å²) in [5.41, 5.74) is 1.88. The minimum atomic E-state index is -0.370. The van der Waals surface area contributed by atoms with Gasteiger partial charge in [-0.2, -0.15) is 0 Å². The number of hydrogen-bond acceptors (Lipinski definition) is 6. The summed E-state index contributed by atoms with van der Waals surface area (Å²) < 4.78 is 13.2. The maximum Gasteiger partial charge on any atom is 0.141 e. The maximum absolute atomic E-state index is 13.2. The lowest BCUT2D eigenvalue weighted by molar-refractivity contribution is 0.585. The minimum absolute atomic E-state index is 0.370. The molecular formula is C23H21FN6. The van der Waals surface area contributed by atoms with E-state index in [9.17, 15) is 4.39 Å². The first-order chi connectivity index (χ1) is 14.8. The van der Waals surface area contributed by atoms with E-state index in [2.05, 4.69) is 43.7 Å². The molecule has 7 heteroatoms. The highest BCUT2D eigenvalue weighted by Gasteiger charge is 2.14. The van der Waals surface area contributed by atoms with Gasteiger partial charge in [-0.05, 0) is 35.7 Å². The number of fused-ring (bicyclic) bond motifs is 1. The van der Waals surface area contributed by atoms with Gasteiger partial charge in [0.05, 0.1) is 11.9 Å². The van der Waals surface area contributed by atoms with E-state index in [-0.39, 0.29) is 5.82 Å². The maximum atomic E-state index is 13.2. The molecule has 0 amide bonds. The molecule has 0 atom stereocenters. The Kier molecular flexibility index (Phi) is 4.94. The molecule has 150 valence electrons.